The molecule has 1 aliphatic rings. The molecule has 0 radical (unpaired) electrons. The van der Waals surface area contributed by atoms with Crippen LogP contribution in [0.2, 0.25) is 0 Å². The van der Waals surface area contributed by atoms with Gasteiger partial charge in [0.05, 0.1) is 19.9 Å². The van der Waals surface area contributed by atoms with Crippen molar-refractivity contribution in [2.75, 3.05) is 24.9 Å². The van der Waals surface area contributed by atoms with Gasteiger partial charge in [0.15, 0.2) is 0 Å². The van der Waals surface area contributed by atoms with Gasteiger partial charge in [0.2, 0.25) is 11.8 Å². The van der Waals surface area contributed by atoms with Gasteiger partial charge in [-0.3, -0.25) is 9.59 Å². The molecule has 6 nitrogen and oxygen atoms in total. The summed E-state index contributed by atoms with van der Waals surface area (Å²) in [4.78, 5) is 25.7. The molecule has 1 saturated carbocycles. The van der Waals surface area contributed by atoms with Crippen LogP contribution in [0.15, 0.2) is 36.4 Å². The molecule has 3 rings (SSSR count). The first-order valence-corrected chi connectivity index (χ1v) is 8.82. The summed E-state index contributed by atoms with van der Waals surface area (Å²) in [6.45, 7) is 3.87. The molecule has 2 N–H and O–H groups in total. The van der Waals surface area contributed by atoms with Gasteiger partial charge in [0.25, 0.3) is 0 Å². The molecule has 27 heavy (non-hydrogen) atoms. The van der Waals surface area contributed by atoms with E-state index in [9.17, 15) is 9.59 Å². The van der Waals surface area contributed by atoms with Crippen LogP contribution in [0.4, 0.5) is 11.4 Å². The summed E-state index contributed by atoms with van der Waals surface area (Å²) in [7, 11) is 3.08. The number of ether oxygens (including phenoxy) is 2. The summed E-state index contributed by atoms with van der Waals surface area (Å²) >= 11 is 0. The summed E-state index contributed by atoms with van der Waals surface area (Å²) in [6.07, 6.45) is 1.04. The van der Waals surface area contributed by atoms with Gasteiger partial charge < -0.3 is 20.1 Å². The van der Waals surface area contributed by atoms with Crippen molar-refractivity contribution in [1.82, 2.24) is 0 Å². The Bertz CT molecular complexity index is 867. The van der Waals surface area contributed by atoms with E-state index in [4.69, 9.17) is 9.47 Å². The Balaban J connectivity index is 1.77. The molecule has 2 aromatic carbocycles. The van der Waals surface area contributed by atoms with Crippen molar-refractivity contribution in [3.05, 3.63) is 47.5 Å². The number of methoxy groups -OCH3 is 2. The number of amides is 2. The van der Waals surface area contributed by atoms with Gasteiger partial charge in [-0.25, -0.2) is 0 Å². The summed E-state index contributed by atoms with van der Waals surface area (Å²) in [5.74, 6) is 0.506. The average Bonchev–Trinajstić information content (AvgIpc) is 3.47. The lowest BCUT2D eigenvalue weighted by molar-refractivity contribution is -0.131. The number of hydrogen-bond donors (Lipinski definition) is 2. The van der Waals surface area contributed by atoms with E-state index in [0.29, 0.717) is 30.0 Å². The number of anilines is 2. The van der Waals surface area contributed by atoms with Crippen LogP contribution in [-0.4, -0.2) is 26.0 Å². The van der Waals surface area contributed by atoms with E-state index >= 15 is 0 Å². The lowest BCUT2D eigenvalue weighted by atomic mass is 10.0. The van der Waals surface area contributed by atoms with Gasteiger partial charge in [0.1, 0.15) is 16.9 Å². The molecule has 0 aliphatic heterocycles. The van der Waals surface area contributed by atoms with E-state index in [1.807, 2.05) is 32.0 Å². The monoisotopic (exact) mass is 368 g/mol. The largest absolute Gasteiger partial charge is 0.497 e. The van der Waals surface area contributed by atoms with E-state index in [-0.39, 0.29) is 11.8 Å². The first-order valence-electron chi connectivity index (χ1n) is 8.82. The van der Waals surface area contributed by atoms with E-state index < -0.39 is 5.41 Å². The number of carbonyl (C=O) groups is 2. The van der Waals surface area contributed by atoms with Crippen LogP contribution >= 0.6 is 0 Å². The third-order valence-corrected chi connectivity index (χ3v) is 5.00. The highest BCUT2D eigenvalue weighted by Crippen LogP contribution is 2.48. The molecule has 6 heteroatoms. The standard InChI is InChI=1S/C21H24N2O4/c1-13-6-5-7-14(2)18(13)23-20(25)21(10-11-21)19(24)22-16-9-8-15(26-3)12-17(16)27-4/h5-9,12H,10-11H2,1-4H3,(H,22,24)(H,23,25). The molecule has 0 saturated heterocycles. The van der Waals surface area contributed by atoms with Crippen LogP contribution < -0.4 is 20.1 Å². The molecule has 0 unspecified atom stereocenters. The molecule has 2 amide bonds. The summed E-state index contributed by atoms with van der Waals surface area (Å²) < 4.78 is 10.5. The predicted octanol–water partition coefficient (Wildman–Crippen LogP) is 3.68. The van der Waals surface area contributed by atoms with Crippen molar-refractivity contribution in [2.24, 2.45) is 5.41 Å². The highest BCUT2D eigenvalue weighted by molar-refractivity contribution is 6.17. The summed E-state index contributed by atoms with van der Waals surface area (Å²) in [5, 5.41) is 5.77. The smallest absolute Gasteiger partial charge is 0.240 e. The molecule has 0 aromatic heterocycles. The van der Waals surface area contributed by atoms with E-state index in [1.54, 1.807) is 25.3 Å². The third-order valence-electron chi connectivity index (χ3n) is 5.00. The second-order valence-electron chi connectivity index (χ2n) is 6.82. The topological polar surface area (TPSA) is 76.7 Å². The Labute approximate surface area is 158 Å². The highest BCUT2D eigenvalue weighted by atomic mass is 16.5. The lowest BCUT2D eigenvalue weighted by Gasteiger charge is -2.19. The van der Waals surface area contributed by atoms with Crippen LogP contribution in [0.3, 0.4) is 0 Å². The Hall–Kier alpha value is -3.02. The fourth-order valence-corrected chi connectivity index (χ4v) is 3.07. The Morgan fingerprint density at radius 1 is 0.926 bits per heavy atom. The molecule has 1 aliphatic carbocycles. The average molecular weight is 368 g/mol. The molecule has 1 fully saturated rings. The molecule has 0 spiro atoms. The Kier molecular flexibility index (Phi) is 5.08. The molecular weight excluding hydrogens is 344 g/mol. The van der Waals surface area contributed by atoms with Gasteiger partial charge in [-0.2, -0.15) is 0 Å². The maximum Gasteiger partial charge on any atom is 0.240 e. The number of carbonyl (C=O) groups excluding carboxylic acids is 2. The normalized spacial score (nSPS) is 14.2. The minimum Gasteiger partial charge on any atom is -0.497 e. The second kappa shape index (κ2) is 7.31. The van der Waals surface area contributed by atoms with Crippen molar-refractivity contribution in [3.63, 3.8) is 0 Å². The number of aryl methyl sites for hydroxylation is 2. The van der Waals surface area contributed by atoms with Gasteiger partial charge >= 0.3 is 0 Å². The highest BCUT2D eigenvalue weighted by Gasteiger charge is 2.56. The van der Waals surface area contributed by atoms with E-state index in [2.05, 4.69) is 10.6 Å². The molecular formula is C21H24N2O4. The van der Waals surface area contributed by atoms with Crippen LogP contribution in [-0.2, 0) is 9.59 Å². The van der Waals surface area contributed by atoms with Gasteiger partial charge in [-0.15, -0.1) is 0 Å². The van der Waals surface area contributed by atoms with Crippen LogP contribution in [0.1, 0.15) is 24.0 Å². The Morgan fingerprint density at radius 3 is 2.11 bits per heavy atom. The lowest BCUT2D eigenvalue weighted by Crippen LogP contribution is -2.36. The number of rotatable bonds is 6. The van der Waals surface area contributed by atoms with Crippen LogP contribution in [0.5, 0.6) is 11.5 Å². The zero-order chi connectivity index (χ0) is 19.6. The minimum atomic E-state index is -1.04. The third kappa shape index (κ3) is 3.60. The van der Waals surface area contributed by atoms with Crippen molar-refractivity contribution >= 4 is 23.2 Å². The van der Waals surface area contributed by atoms with Crippen molar-refractivity contribution in [2.45, 2.75) is 26.7 Å². The van der Waals surface area contributed by atoms with Crippen LogP contribution in [0.25, 0.3) is 0 Å². The van der Waals surface area contributed by atoms with Gasteiger partial charge in [-0.1, -0.05) is 18.2 Å². The zero-order valence-electron chi connectivity index (χ0n) is 16.0. The van der Waals surface area contributed by atoms with Gasteiger partial charge in [-0.05, 0) is 49.9 Å². The van der Waals surface area contributed by atoms with E-state index in [1.165, 1.54) is 7.11 Å². The maximum absolute atomic E-state index is 12.9. The number of nitrogens with one attached hydrogen (secondary N) is 2. The van der Waals surface area contributed by atoms with Crippen molar-refractivity contribution < 1.29 is 19.1 Å². The fraction of sp³-hybridized carbons (Fsp3) is 0.333. The first kappa shape index (κ1) is 18.8. The molecule has 0 heterocycles. The number of para-hydroxylation sites is 1. The van der Waals surface area contributed by atoms with Gasteiger partial charge in [0, 0.05) is 11.8 Å². The van der Waals surface area contributed by atoms with Crippen molar-refractivity contribution in [1.29, 1.82) is 0 Å². The van der Waals surface area contributed by atoms with E-state index in [0.717, 1.165) is 16.8 Å². The quantitative estimate of drug-likeness (QED) is 0.763. The number of hydrogen-bond acceptors (Lipinski definition) is 4. The summed E-state index contributed by atoms with van der Waals surface area (Å²) in [6, 6.07) is 10.9. The SMILES string of the molecule is COc1ccc(NC(=O)C2(C(=O)Nc3c(C)cccc3C)CC2)c(OC)c1. The molecule has 2 aromatic rings. The van der Waals surface area contributed by atoms with Crippen LogP contribution in [0, 0.1) is 19.3 Å². The first-order chi connectivity index (χ1) is 12.9. The predicted molar refractivity (Wildman–Crippen MR) is 104 cm³/mol. The van der Waals surface area contributed by atoms with Crippen molar-refractivity contribution in [3.8, 4) is 11.5 Å². The fourth-order valence-electron chi connectivity index (χ4n) is 3.07. The summed E-state index contributed by atoms with van der Waals surface area (Å²) in [5.41, 5.74) is 2.17. The molecule has 0 bridgehead atoms. The molecule has 142 valence electrons. The molecule has 0 atom stereocenters. The Morgan fingerprint density at radius 2 is 1.56 bits per heavy atom. The number of benzene rings is 2. The minimum absolute atomic E-state index is 0.273. The zero-order valence-corrected chi connectivity index (χ0v) is 16.0. The second-order valence-corrected chi connectivity index (χ2v) is 6.82. The maximum atomic E-state index is 12.9.